The van der Waals surface area contributed by atoms with Gasteiger partial charge in [-0.15, -0.1) is 0 Å². The van der Waals surface area contributed by atoms with Gasteiger partial charge >= 0.3 is 0 Å². The number of piperidine rings is 1. The van der Waals surface area contributed by atoms with E-state index in [1.165, 1.54) is 0 Å². The zero-order valence-electron chi connectivity index (χ0n) is 18.9. The molecule has 1 heterocycles. The Bertz CT molecular complexity index is 630. The molecule has 1 aliphatic rings. The molecule has 1 fully saturated rings. The van der Waals surface area contributed by atoms with E-state index in [-0.39, 0.29) is 12.1 Å². The lowest BCUT2D eigenvalue weighted by Gasteiger charge is -2.30. The number of aliphatic hydroxyl groups excluding tert-OH is 1. The Morgan fingerprint density at radius 1 is 1.20 bits per heavy atom. The number of rotatable bonds is 11. The van der Waals surface area contributed by atoms with E-state index in [0.717, 1.165) is 81.6 Å². The third-order valence-corrected chi connectivity index (χ3v) is 6.13. The standard InChI is InChI=1S/C23H40ClN5O/c1-4-25-23(26-14-9-15-28-16-12-19(30)13-17-28)27-18-22(29(5-2)6-3)20-10-7-8-11-21(20)24/h7-8,10-11,19,22,30H,4-6,9,12-18H2,1-3H3,(H2,25,26,27). The van der Waals surface area contributed by atoms with E-state index in [1.807, 2.05) is 18.2 Å². The van der Waals surface area contributed by atoms with E-state index >= 15 is 0 Å². The number of aliphatic hydroxyl groups is 1. The second kappa shape index (κ2) is 13.9. The lowest BCUT2D eigenvalue weighted by Crippen LogP contribution is -2.41. The van der Waals surface area contributed by atoms with E-state index < -0.39 is 0 Å². The summed E-state index contributed by atoms with van der Waals surface area (Å²) in [6, 6.07) is 8.24. The molecule has 30 heavy (non-hydrogen) atoms. The highest BCUT2D eigenvalue weighted by Gasteiger charge is 2.20. The van der Waals surface area contributed by atoms with Crippen molar-refractivity contribution in [1.29, 1.82) is 0 Å². The van der Waals surface area contributed by atoms with Crippen LogP contribution in [0, 0.1) is 0 Å². The molecule has 1 atom stereocenters. The SMILES string of the molecule is CCNC(=NCC(c1ccccc1Cl)N(CC)CC)NCCCN1CCC(O)CC1. The second-order valence-corrected chi connectivity index (χ2v) is 8.24. The fourth-order valence-corrected chi connectivity index (χ4v) is 4.25. The van der Waals surface area contributed by atoms with E-state index in [2.05, 4.69) is 47.3 Å². The zero-order chi connectivity index (χ0) is 21.8. The summed E-state index contributed by atoms with van der Waals surface area (Å²) >= 11 is 6.51. The predicted molar refractivity (Wildman–Crippen MR) is 127 cm³/mol. The molecule has 1 aromatic carbocycles. The number of hydrogen-bond donors (Lipinski definition) is 3. The van der Waals surface area contributed by atoms with Crippen molar-refractivity contribution in [3.05, 3.63) is 34.9 Å². The molecule has 0 spiro atoms. The summed E-state index contributed by atoms with van der Waals surface area (Å²) in [4.78, 5) is 9.73. The van der Waals surface area contributed by atoms with Crippen LogP contribution >= 0.6 is 11.6 Å². The van der Waals surface area contributed by atoms with Gasteiger partial charge < -0.3 is 20.6 Å². The number of benzene rings is 1. The molecule has 0 amide bonds. The molecule has 3 N–H and O–H groups in total. The Hall–Kier alpha value is -1.34. The number of aliphatic imine (C=N–C) groups is 1. The lowest BCUT2D eigenvalue weighted by molar-refractivity contribution is 0.0823. The summed E-state index contributed by atoms with van der Waals surface area (Å²) in [6.07, 6.45) is 2.74. The first kappa shape index (κ1) is 24.9. The highest BCUT2D eigenvalue weighted by atomic mass is 35.5. The Morgan fingerprint density at radius 2 is 1.90 bits per heavy atom. The minimum Gasteiger partial charge on any atom is -0.393 e. The normalized spacial score (nSPS) is 17.3. The topological polar surface area (TPSA) is 63.1 Å². The average molecular weight is 438 g/mol. The monoisotopic (exact) mass is 437 g/mol. The van der Waals surface area contributed by atoms with Gasteiger partial charge in [0.1, 0.15) is 0 Å². The third kappa shape index (κ3) is 8.06. The molecule has 0 aromatic heterocycles. The molecule has 1 unspecified atom stereocenters. The number of nitrogens with one attached hydrogen (secondary N) is 2. The van der Waals surface area contributed by atoms with Gasteiger partial charge in [0, 0.05) is 31.2 Å². The summed E-state index contributed by atoms with van der Waals surface area (Å²) < 4.78 is 0. The lowest BCUT2D eigenvalue weighted by atomic mass is 10.1. The Balaban J connectivity index is 1.93. The average Bonchev–Trinajstić information content (AvgIpc) is 2.76. The van der Waals surface area contributed by atoms with Gasteiger partial charge in [0.2, 0.25) is 0 Å². The summed E-state index contributed by atoms with van der Waals surface area (Å²) in [6.45, 7) is 13.8. The predicted octanol–water partition coefficient (Wildman–Crippen LogP) is 3.12. The molecule has 0 saturated carbocycles. The molecule has 2 rings (SSSR count). The number of nitrogens with zero attached hydrogens (tertiary/aromatic N) is 3. The van der Waals surface area contributed by atoms with Gasteiger partial charge in [0.05, 0.1) is 18.7 Å². The van der Waals surface area contributed by atoms with Gasteiger partial charge in [-0.25, -0.2) is 0 Å². The first-order valence-electron chi connectivity index (χ1n) is 11.5. The summed E-state index contributed by atoms with van der Waals surface area (Å²) in [7, 11) is 0. The largest absolute Gasteiger partial charge is 0.393 e. The minimum atomic E-state index is -0.108. The van der Waals surface area contributed by atoms with Crippen LogP contribution in [0.4, 0.5) is 0 Å². The molecule has 170 valence electrons. The number of guanidine groups is 1. The maximum Gasteiger partial charge on any atom is 0.191 e. The van der Waals surface area contributed by atoms with Gasteiger partial charge in [-0.3, -0.25) is 9.89 Å². The molecule has 1 aliphatic heterocycles. The molecule has 6 nitrogen and oxygen atoms in total. The van der Waals surface area contributed by atoms with Gasteiger partial charge in [0.25, 0.3) is 0 Å². The summed E-state index contributed by atoms with van der Waals surface area (Å²) in [5.41, 5.74) is 1.13. The minimum absolute atomic E-state index is 0.108. The second-order valence-electron chi connectivity index (χ2n) is 7.83. The third-order valence-electron chi connectivity index (χ3n) is 5.78. The first-order valence-corrected chi connectivity index (χ1v) is 11.9. The molecule has 0 bridgehead atoms. The molecular formula is C23H40ClN5O. The van der Waals surface area contributed by atoms with Gasteiger partial charge in [-0.2, -0.15) is 0 Å². The zero-order valence-corrected chi connectivity index (χ0v) is 19.7. The van der Waals surface area contributed by atoms with Crippen LogP contribution in [0.25, 0.3) is 0 Å². The van der Waals surface area contributed by atoms with Crippen molar-refractivity contribution >= 4 is 17.6 Å². The number of halogens is 1. The van der Waals surface area contributed by atoms with E-state index in [1.54, 1.807) is 0 Å². The van der Waals surface area contributed by atoms with E-state index in [4.69, 9.17) is 16.6 Å². The summed E-state index contributed by atoms with van der Waals surface area (Å²) in [5.74, 6) is 0.857. The van der Waals surface area contributed by atoms with Gasteiger partial charge in [-0.1, -0.05) is 43.6 Å². The Morgan fingerprint density at radius 3 is 2.53 bits per heavy atom. The number of hydrogen-bond acceptors (Lipinski definition) is 4. The van der Waals surface area contributed by atoms with Crippen LogP contribution in [0.15, 0.2) is 29.3 Å². The molecule has 7 heteroatoms. The van der Waals surface area contributed by atoms with Crippen LogP contribution in [-0.2, 0) is 0 Å². The molecule has 1 saturated heterocycles. The fourth-order valence-electron chi connectivity index (χ4n) is 3.99. The highest BCUT2D eigenvalue weighted by molar-refractivity contribution is 6.31. The van der Waals surface area contributed by atoms with Crippen LogP contribution < -0.4 is 10.6 Å². The van der Waals surface area contributed by atoms with E-state index in [0.29, 0.717) is 6.54 Å². The van der Waals surface area contributed by atoms with Crippen molar-refractivity contribution in [3.63, 3.8) is 0 Å². The molecule has 0 radical (unpaired) electrons. The number of likely N-dealkylation sites (N-methyl/N-ethyl adjacent to an activating group) is 1. The molecular weight excluding hydrogens is 398 g/mol. The molecule has 1 aromatic rings. The summed E-state index contributed by atoms with van der Waals surface area (Å²) in [5, 5.41) is 17.3. The Kier molecular flexibility index (Phi) is 11.5. The smallest absolute Gasteiger partial charge is 0.191 e. The van der Waals surface area contributed by atoms with Gasteiger partial charge in [0.15, 0.2) is 5.96 Å². The van der Waals surface area contributed by atoms with Crippen LogP contribution in [0.3, 0.4) is 0 Å². The highest BCUT2D eigenvalue weighted by Crippen LogP contribution is 2.27. The van der Waals surface area contributed by atoms with Crippen LogP contribution in [-0.4, -0.2) is 79.3 Å². The van der Waals surface area contributed by atoms with Crippen LogP contribution in [0.1, 0.15) is 51.6 Å². The van der Waals surface area contributed by atoms with Crippen molar-refractivity contribution < 1.29 is 5.11 Å². The van der Waals surface area contributed by atoms with Crippen molar-refractivity contribution in [2.45, 2.75) is 52.2 Å². The fraction of sp³-hybridized carbons (Fsp3) is 0.696. The quantitative estimate of drug-likeness (QED) is 0.282. The maximum atomic E-state index is 9.63. The number of likely N-dealkylation sites (tertiary alicyclic amines) is 1. The first-order chi connectivity index (χ1) is 14.6. The van der Waals surface area contributed by atoms with Crippen molar-refractivity contribution in [2.24, 2.45) is 4.99 Å². The van der Waals surface area contributed by atoms with Crippen molar-refractivity contribution in [2.75, 3.05) is 52.4 Å². The van der Waals surface area contributed by atoms with E-state index in [9.17, 15) is 5.11 Å². The maximum absolute atomic E-state index is 9.63. The van der Waals surface area contributed by atoms with Crippen LogP contribution in [0.5, 0.6) is 0 Å². The van der Waals surface area contributed by atoms with Crippen molar-refractivity contribution in [3.8, 4) is 0 Å². The Labute approximate surface area is 187 Å². The molecule has 0 aliphatic carbocycles. The van der Waals surface area contributed by atoms with Crippen molar-refractivity contribution in [1.82, 2.24) is 20.4 Å². The van der Waals surface area contributed by atoms with Gasteiger partial charge in [-0.05, 0) is 57.5 Å². The van der Waals surface area contributed by atoms with Crippen LogP contribution in [0.2, 0.25) is 5.02 Å².